The van der Waals surface area contributed by atoms with Crippen LogP contribution in [0.2, 0.25) is 5.02 Å². The van der Waals surface area contributed by atoms with Gasteiger partial charge in [-0.25, -0.2) is 4.98 Å². The largest absolute Gasteiger partial charge is 0.397 e. The molecule has 0 aliphatic rings. The predicted molar refractivity (Wildman–Crippen MR) is 76.1 cm³/mol. The van der Waals surface area contributed by atoms with Gasteiger partial charge in [0.1, 0.15) is 5.82 Å². The van der Waals surface area contributed by atoms with Gasteiger partial charge in [0, 0.05) is 31.0 Å². The van der Waals surface area contributed by atoms with Gasteiger partial charge in [-0.05, 0) is 25.1 Å². The predicted octanol–water partition coefficient (Wildman–Crippen LogP) is 2.46. The molecule has 1 heterocycles. The van der Waals surface area contributed by atoms with Crippen LogP contribution in [0.3, 0.4) is 0 Å². The number of nitrogen functional groups attached to an aromatic ring is 1. The number of imidazole rings is 1. The first-order chi connectivity index (χ1) is 9.06. The van der Waals surface area contributed by atoms with Crippen LogP contribution >= 0.6 is 11.6 Å². The Morgan fingerprint density at radius 2 is 2.32 bits per heavy atom. The maximum Gasteiger partial charge on any atom is 0.226 e. The summed E-state index contributed by atoms with van der Waals surface area (Å²) in [6.07, 6.45) is 3.94. The van der Waals surface area contributed by atoms with E-state index in [1.54, 1.807) is 24.4 Å². The van der Waals surface area contributed by atoms with Crippen molar-refractivity contribution in [1.82, 2.24) is 9.55 Å². The fourth-order valence-electron chi connectivity index (χ4n) is 1.71. The Morgan fingerprint density at radius 3 is 2.95 bits per heavy atom. The lowest BCUT2D eigenvalue weighted by atomic mass is 10.2. The van der Waals surface area contributed by atoms with Crippen molar-refractivity contribution < 1.29 is 4.79 Å². The zero-order valence-corrected chi connectivity index (χ0v) is 11.3. The number of carbonyl (C=O) groups is 1. The van der Waals surface area contributed by atoms with Crippen LogP contribution in [-0.4, -0.2) is 15.5 Å². The van der Waals surface area contributed by atoms with Gasteiger partial charge in [0.25, 0.3) is 0 Å². The first-order valence-corrected chi connectivity index (χ1v) is 6.26. The number of aromatic nitrogens is 2. The van der Waals surface area contributed by atoms with Gasteiger partial charge in [-0.15, -0.1) is 0 Å². The van der Waals surface area contributed by atoms with E-state index in [4.69, 9.17) is 17.3 Å². The van der Waals surface area contributed by atoms with Crippen LogP contribution in [0.25, 0.3) is 0 Å². The van der Waals surface area contributed by atoms with Crippen molar-refractivity contribution in [2.75, 3.05) is 11.1 Å². The molecular formula is C13H15ClN4O. The molecule has 6 heteroatoms. The lowest BCUT2D eigenvalue weighted by Crippen LogP contribution is -2.14. The molecular weight excluding hydrogens is 264 g/mol. The van der Waals surface area contributed by atoms with Crippen LogP contribution in [0, 0.1) is 6.92 Å². The molecule has 2 aromatic rings. The number of nitrogens with two attached hydrogens (primary N) is 1. The second-order valence-corrected chi connectivity index (χ2v) is 4.61. The van der Waals surface area contributed by atoms with Crippen LogP contribution in [0.15, 0.2) is 30.6 Å². The summed E-state index contributed by atoms with van der Waals surface area (Å²) < 4.78 is 1.93. The average molecular weight is 279 g/mol. The molecule has 0 unspecified atom stereocenters. The number of rotatable bonds is 4. The number of nitrogens with zero attached hydrogens (tertiary/aromatic N) is 2. The average Bonchev–Trinajstić information content (AvgIpc) is 2.77. The summed E-state index contributed by atoms with van der Waals surface area (Å²) in [6, 6.07) is 5.02. The smallest absolute Gasteiger partial charge is 0.226 e. The quantitative estimate of drug-likeness (QED) is 0.844. The number of amides is 1. The summed E-state index contributed by atoms with van der Waals surface area (Å²) in [7, 11) is 0. The Kier molecular flexibility index (Phi) is 4.06. The minimum atomic E-state index is -0.0742. The van der Waals surface area contributed by atoms with Crippen molar-refractivity contribution in [3.8, 4) is 0 Å². The SMILES string of the molecule is Cc1nccn1CCC(=O)Nc1ccc(Cl)c(N)c1. The Morgan fingerprint density at radius 1 is 1.53 bits per heavy atom. The van der Waals surface area contributed by atoms with Gasteiger partial charge < -0.3 is 15.6 Å². The highest BCUT2D eigenvalue weighted by atomic mass is 35.5. The summed E-state index contributed by atoms with van der Waals surface area (Å²) in [5, 5.41) is 3.26. The van der Waals surface area contributed by atoms with Crippen molar-refractivity contribution in [3.05, 3.63) is 41.4 Å². The number of anilines is 2. The molecule has 3 N–H and O–H groups in total. The number of hydrogen-bond acceptors (Lipinski definition) is 3. The van der Waals surface area contributed by atoms with E-state index in [0.29, 0.717) is 29.4 Å². The summed E-state index contributed by atoms with van der Waals surface area (Å²) in [4.78, 5) is 15.9. The molecule has 5 nitrogen and oxygen atoms in total. The van der Waals surface area contributed by atoms with Gasteiger partial charge in [0.15, 0.2) is 0 Å². The molecule has 0 aliphatic heterocycles. The Bertz CT molecular complexity index is 594. The third kappa shape index (κ3) is 3.48. The fourth-order valence-corrected chi connectivity index (χ4v) is 1.82. The van der Waals surface area contributed by atoms with Gasteiger partial charge in [0.05, 0.1) is 10.7 Å². The van der Waals surface area contributed by atoms with Crippen LogP contribution < -0.4 is 11.1 Å². The van der Waals surface area contributed by atoms with Crippen molar-refractivity contribution in [3.63, 3.8) is 0 Å². The van der Waals surface area contributed by atoms with Gasteiger partial charge in [-0.1, -0.05) is 11.6 Å². The molecule has 1 aromatic carbocycles. The molecule has 0 radical (unpaired) electrons. The molecule has 100 valence electrons. The Labute approximate surface area is 116 Å². The highest BCUT2D eigenvalue weighted by Gasteiger charge is 2.05. The summed E-state index contributed by atoms with van der Waals surface area (Å²) in [5.41, 5.74) is 6.77. The number of benzene rings is 1. The lowest BCUT2D eigenvalue weighted by Gasteiger charge is -2.08. The lowest BCUT2D eigenvalue weighted by molar-refractivity contribution is -0.116. The molecule has 0 spiro atoms. The van der Waals surface area contributed by atoms with Crippen molar-refractivity contribution in [1.29, 1.82) is 0 Å². The molecule has 0 atom stereocenters. The monoisotopic (exact) mass is 278 g/mol. The van der Waals surface area contributed by atoms with E-state index in [1.807, 2.05) is 17.7 Å². The summed E-state index contributed by atoms with van der Waals surface area (Å²) in [5.74, 6) is 0.818. The summed E-state index contributed by atoms with van der Waals surface area (Å²) >= 11 is 5.82. The second kappa shape index (κ2) is 5.75. The van der Waals surface area contributed by atoms with Crippen molar-refractivity contribution in [2.45, 2.75) is 19.9 Å². The molecule has 1 amide bonds. The topological polar surface area (TPSA) is 72.9 Å². The standard InChI is InChI=1S/C13H15ClN4O/c1-9-16-5-7-18(9)6-4-13(19)17-10-2-3-11(14)12(15)8-10/h2-3,5,7-8H,4,6,15H2,1H3,(H,17,19). The third-order valence-electron chi connectivity index (χ3n) is 2.78. The second-order valence-electron chi connectivity index (χ2n) is 4.20. The number of carbonyl (C=O) groups excluding carboxylic acids is 1. The van der Waals surface area contributed by atoms with Gasteiger partial charge in [-0.2, -0.15) is 0 Å². The number of nitrogens with one attached hydrogen (secondary N) is 1. The fraction of sp³-hybridized carbons (Fsp3) is 0.231. The maximum absolute atomic E-state index is 11.8. The van der Waals surface area contributed by atoms with Crippen molar-refractivity contribution >= 4 is 28.9 Å². The molecule has 2 rings (SSSR count). The van der Waals surface area contributed by atoms with E-state index < -0.39 is 0 Å². The van der Waals surface area contributed by atoms with Crippen LogP contribution in [0.1, 0.15) is 12.2 Å². The minimum Gasteiger partial charge on any atom is -0.397 e. The van der Waals surface area contributed by atoms with Gasteiger partial charge >= 0.3 is 0 Å². The molecule has 0 saturated carbocycles. The minimum absolute atomic E-state index is 0.0742. The Hall–Kier alpha value is -2.01. The zero-order chi connectivity index (χ0) is 13.8. The number of aryl methyl sites for hydroxylation is 2. The summed E-state index contributed by atoms with van der Waals surface area (Å²) in [6.45, 7) is 2.50. The third-order valence-corrected chi connectivity index (χ3v) is 3.13. The zero-order valence-electron chi connectivity index (χ0n) is 10.6. The highest BCUT2D eigenvalue weighted by Crippen LogP contribution is 2.22. The first kappa shape index (κ1) is 13.4. The maximum atomic E-state index is 11.8. The Balaban J connectivity index is 1.91. The number of hydrogen-bond donors (Lipinski definition) is 2. The first-order valence-electron chi connectivity index (χ1n) is 5.89. The van der Waals surface area contributed by atoms with Crippen LogP contribution in [-0.2, 0) is 11.3 Å². The van der Waals surface area contributed by atoms with E-state index in [1.165, 1.54) is 0 Å². The van der Waals surface area contributed by atoms with E-state index in [0.717, 1.165) is 5.82 Å². The van der Waals surface area contributed by atoms with E-state index in [2.05, 4.69) is 10.3 Å². The molecule has 0 saturated heterocycles. The number of halogens is 1. The molecule has 0 aliphatic carbocycles. The van der Waals surface area contributed by atoms with E-state index in [-0.39, 0.29) is 5.91 Å². The van der Waals surface area contributed by atoms with Crippen LogP contribution in [0.4, 0.5) is 11.4 Å². The van der Waals surface area contributed by atoms with E-state index >= 15 is 0 Å². The molecule has 19 heavy (non-hydrogen) atoms. The van der Waals surface area contributed by atoms with Gasteiger partial charge in [-0.3, -0.25) is 4.79 Å². The highest BCUT2D eigenvalue weighted by molar-refractivity contribution is 6.33. The molecule has 1 aromatic heterocycles. The normalized spacial score (nSPS) is 10.4. The molecule has 0 fully saturated rings. The van der Waals surface area contributed by atoms with E-state index in [9.17, 15) is 4.79 Å². The van der Waals surface area contributed by atoms with Gasteiger partial charge in [0.2, 0.25) is 5.91 Å². The van der Waals surface area contributed by atoms with Crippen LogP contribution in [0.5, 0.6) is 0 Å². The van der Waals surface area contributed by atoms with Crippen molar-refractivity contribution in [2.24, 2.45) is 0 Å². The molecule has 0 bridgehead atoms.